The molecule has 1 aromatic rings. The van der Waals surface area contributed by atoms with Crippen LogP contribution in [0.3, 0.4) is 0 Å². The van der Waals surface area contributed by atoms with Gasteiger partial charge in [0.05, 0.1) is 0 Å². The molecular formula is C16H23F2N. The van der Waals surface area contributed by atoms with Crippen LogP contribution < -0.4 is 5.32 Å². The molecule has 0 aromatic heterocycles. The Kier molecular flexibility index (Phi) is 4.56. The summed E-state index contributed by atoms with van der Waals surface area (Å²) in [5.74, 6) is 0. The Morgan fingerprint density at radius 1 is 1.26 bits per heavy atom. The molecule has 1 atom stereocenters. The molecule has 0 saturated heterocycles. The highest BCUT2D eigenvalue weighted by atomic mass is 19.3. The van der Waals surface area contributed by atoms with Gasteiger partial charge in [-0.2, -0.15) is 0 Å². The van der Waals surface area contributed by atoms with E-state index < -0.39 is 6.43 Å². The quantitative estimate of drug-likeness (QED) is 0.835. The first-order chi connectivity index (χ1) is 8.96. The molecule has 1 aliphatic carbocycles. The molecule has 1 saturated carbocycles. The van der Waals surface area contributed by atoms with E-state index in [1.165, 1.54) is 37.8 Å². The predicted molar refractivity (Wildman–Crippen MR) is 74.3 cm³/mol. The normalized spacial score (nSPS) is 22.7. The maximum absolute atomic E-state index is 12.4. The van der Waals surface area contributed by atoms with Gasteiger partial charge in [0.15, 0.2) is 0 Å². The van der Waals surface area contributed by atoms with Crippen molar-refractivity contribution in [3.8, 4) is 0 Å². The summed E-state index contributed by atoms with van der Waals surface area (Å²) in [6.45, 7) is 5.40. The van der Waals surface area contributed by atoms with Crippen LogP contribution in [0.15, 0.2) is 24.3 Å². The molecule has 0 radical (unpaired) electrons. The number of hydrogen-bond donors (Lipinski definition) is 1. The van der Waals surface area contributed by atoms with Gasteiger partial charge in [0.2, 0.25) is 0 Å². The van der Waals surface area contributed by atoms with Crippen LogP contribution in [0.1, 0.15) is 57.1 Å². The number of alkyl halides is 2. The first kappa shape index (κ1) is 14.4. The van der Waals surface area contributed by atoms with Crippen molar-refractivity contribution in [1.29, 1.82) is 0 Å². The van der Waals surface area contributed by atoms with Gasteiger partial charge in [0, 0.05) is 18.2 Å². The topological polar surface area (TPSA) is 12.0 Å². The van der Waals surface area contributed by atoms with Gasteiger partial charge in [0.1, 0.15) is 0 Å². The first-order valence-corrected chi connectivity index (χ1v) is 7.07. The van der Waals surface area contributed by atoms with Crippen molar-refractivity contribution >= 4 is 0 Å². The van der Waals surface area contributed by atoms with Gasteiger partial charge in [-0.3, -0.25) is 0 Å². The maximum Gasteiger partial charge on any atom is 0.263 e. The fraction of sp³-hybridized carbons (Fsp3) is 0.625. The van der Waals surface area contributed by atoms with E-state index in [4.69, 9.17) is 0 Å². The fourth-order valence-corrected chi connectivity index (χ4v) is 2.92. The summed E-state index contributed by atoms with van der Waals surface area (Å²) < 4.78 is 24.9. The molecule has 1 nitrogen and oxygen atoms in total. The lowest BCUT2D eigenvalue weighted by molar-refractivity contribution is 0.151. The second-order valence-electron chi connectivity index (χ2n) is 6.38. The highest BCUT2D eigenvalue weighted by molar-refractivity contribution is 5.23. The van der Waals surface area contributed by atoms with Crippen molar-refractivity contribution in [2.45, 2.75) is 58.5 Å². The Bertz CT molecular complexity index is 398. The predicted octanol–water partition coefficient (Wildman–Crippen LogP) is 4.68. The van der Waals surface area contributed by atoms with E-state index in [2.05, 4.69) is 19.2 Å². The summed E-state index contributed by atoms with van der Waals surface area (Å²) in [6, 6.07) is 7.18. The van der Waals surface area contributed by atoms with Crippen LogP contribution in [0.2, 0.25) is 0 Å². The minimum atomic E-state index is -2.37. The molecule has 1 unspecified atom stereocenters. The Hall–Kier alpha value is -0.960. The van der Waals surface area contributed by atoms with E-state index in [0.29, 0.717) is 11.5 Å². The summed E-state index contributed by atoms with van der Waals surface area (Å²) in [4.78, 5) is 0. The minimum Gasteiger partial charge on any atom is -0.310 e. The second-order valence-corrected chi connectivity index (χ2v) is 6.38. The molecule has 19 heavy (non-hydrogen) atoms. The van der Waals surface area contributed by atoms with Gasteiger partial charge in [-0.15, -0.1) is 0 Å². The zero-order chi connectivity index (χ0) is 13.9. The van der Waals surface area contributed by atoms with E-state index in [-0.39, 0.29) is 5.56 Å². The number of hydrogen-bond acceptors (Lipinski definition) is 1. The SMILES string of the molecule is CC1(C)CCCC(NCc2ccc(C(F)F)cc2)C1. The van der Waals surface area contributed by atoms with Crippen LogP contribution in [-0.2, 0) is 6.54 Å². The van der Waals surface area contributed by atoms with Crippen LogP contribution in [-0.4, -0.2) is 6.04 Å². The largest absolute Gasteiger partial charge is 0.310 e. The molecule has 0 amide bonds. The molecule has 106 valence electrons. The standard InChI is InChI=1S/C16H23F2N/c1-16(2)9-3-4-14(10-16)19-11-12-5-7-13(8-6-12)15(17)18/h5-8,14-15,19H,3-4,9-11H2,1-2H3. The highest BCUT2D eigenvalue weighted by Gasteiger charge is 2.27. The Labute approximate surface area is 114 Å². The molecule has 1 aromatic carbocycles. The number of benzene rings is 1. The summed E-state index contributed by atoms with van der Waals surface area (Å²) in [5, 5.41) is 3.55. The number of rotatable bonds is 4. The van der Waals surface area contributed by atoms with Crippen molar-refractivity contribution < 1.29 is 8.78 Å². The van der Waals surface area contributed by atoms with Crippen LogP contribution in [0.5, 0.6) is 0 Å². The van der Waals surface area contributed by atoms with Crippen molar-refractivity contribution in [3.05, 3.63) is 35.4 Å². The van der Waals surface area contributed by atoms with Gasteiger partial charge in [0.25, 0.3) is 6.43 Å². The van der Waals surface area contributed by atoms with Crippen molar-refractivity contribution in [2.24, 2.45) is 5.41 Å². The molecule has 0 bridgehead atoms. The Balaban J connectivity index is 1.85. The van der Waals surface area contributed by atoms with E-state index in [1.54, 1.807) is 12.1 Å². The monoisotopic (exact) mass is 267 g/mol. The lowest BCUT2D eigenvalue weighted by Gasteiger charge is -2.35. The molecule has 0 spiro atoms. The maximum atomic E-state index is 12.4. The third-order valence-corrected chi connectivity index (χ3v) is 4.03. The van der Waals surface area contributed by atoms with E-state index in [0.717, 1.165) is 12.1 Å². The van der Waals surface area contributed by atoms with E-state index >= 15 is 0 Å². The van der Waals surface area contributed by atoms with Gasteiger partial charge in [-0.05, 0) is 30.2 Å². The summed E-state index contributed by atoms with van der Waals surface area (Å²) >= 11 is 0. The third-order valence-electron chi connectivity index (χ3n) is 4.03. The van der Waals surface area contributed by atoms with Gasteiger partial charge in [-0.25, -0.2) is 8.78 Å². The highest BCUT2D eigenvalue weighted by Crippen LogP contribution is 2.35. The lowest BCUT2D eigenvalue weighted by Crippen LogP contribution is -2.36. The molecule has 1 fully saturated rings. The van der Waals surface area contributed by atoms with E-state index in [9.17, 15) is 8.78 Å². The number of nitrogens with one attached hydrogen (secondary N) is 1. The van der Waals surface area contributed by atoms with Gasteiger partial charge < -0.3 is 5.32 Å². The second kappa shape index (κ2) is 6.00. The smallest absolute Gasteiger partial charge is 0.263 e. The molecule has 3 heteroatoms. The van der Waals surface area contributed by atoms with Gasteiger partial charge >= 0.3 is 0 Å². The molecule has 0 aliphatic heterocycles. The van der Waals surface area contributed by atoms with Gasteiger partial charge in [-0.1, -0.05) is 44.5 Å². The van der Waals surface area contributed by atoms with Crippen LogP contribution in [0.4, 0.5) is 8.78 Å². The zero-order valence-corrected chi connectivity index (χ0v) is 11.8. The zero-order valence-electron chi connectivity index (χ0n) is 11.8. The molecule has 1 aliphatic rings. The summed E-state index contributed by atoms with van der Waals surface area (Å²) in [5.41, 5.74) is 1.60. The van der Waals surface area contributed by atoms with Crippen LogP contribution in [0, 0.1) is 5.41 Å². The average molecular weight is 267 g/mol. The fourth-order valence-electron chi connectivity index (χ4n) is 2.92. The minimum absolute atomic E-state index is 0.0996. The Morgan fingerprint density at radius 2 is 1.95 bits per heavy atom. The van der Waals surface area contributed by atoms with Crippen LogP contribution in [0.25, 0.3) is 0 Å². The lowest BCUT2D eigenvalue weighted by atomic mass is 9.75. The van der Waals surface area contributed by atoms with Crippen molar-refractivity contribution in [2.75, 3.05) is 0 Å². The Morgan fingerprint density at radius 3 is 2.53 bits per heavy atom. The van der Waals surface area contributed by atoms with Crippen molar-refractivity contribution in [3.63, 3.8) is 0 Å². The summed E-state index contributed by atoms with van der Waals surface area (Å²) in [6.07, 6.45) is 2.62. The molecule has 2 rings (SSSR count). The third kappa shape index (κ3) is 4.27. The van der Waals surface area contributed by atoms with Crippen LogP contribution >= 0.6 is 0 Å². The molecule has 0 heterocycles. The summed E-state index contributed by atoms with van der Waals surface area (Å²) in [7, 11) is 0. The average Bonchev–Trinajstić information content (AvgIpc) is 2.36. The number of halogens is 2. The van der Waals surface area contributed by atoms with Crippen molar-refractivity contribution in [1.82, 2.24) is 5.32 Å². The van der Waals surface area contributed by atoms with E-state index in [1.807, 2.05) is 0 Å². The molecule has 1 N–H and O–H groups in total. The molecular weight excluding hydrogens is 244 g/mol. The first-order valence-electron chi connectivity index (χ1n) is 7.07.